The highest BCUT2D eigenvalue weighted by Crippen LogP contribution is 2.45. The normalized spacial score (nSPS) is 23.2. The van der Waals surface area contributed by atoms with Gasteiger partial charge < -0.3 is 5.11 Å². The van der Waals surface area contributed by atoms with Crippen molar-refractivity contribution in [2.75, 3.05) is 0 Å². The lowest BCUT2D eigenvalue weighted by atomic mass is 9.89. The number of hydrogen-bond donors (Lipinski definition) is 1. The SMILES string of the molecule is CC1(C)CC[C@H](c2ccc(O)c(=O)cc2)C1. The molecule has 0 bridgehead atoms. The van der Waals surface area contributed by atoms with Gasteiger partial charge in [-0.3, -0.25) is 4.79 Å². The predicted octanol–water partition coefficient (Wildman–Crippen LogP) is 3.05. The van der Waals surface area contributed by atoms with Gasteiger partial charge in [-0.15, -0.1) is 0 Å². The maximum absolute atomic E-state index is 11.3. The van der Waals surface area contributed by atoms with E-state index >= 15 is 0 Å². The lowest BCUT2D eigenvalue weighted by molar-refractivity contribution is 0.376. The first-order valence-electron chi connectivity index (χ1n) is 5.81. The Morgan fingerprint density at radius 2 is 1.94 bits per heavy atom. The molecular formula is C14H18O2. The van der Waals surface area contributed by atoms with Crippen LogP contribution >= 0.6 is 0 Å². The van der Waals surface area contributed by atoms with Crippen molar-refractivity contribution in [3.8, 4) is 5.75 Å². The van der Waals surface area contributed by atoms with Crippen molar-refractivity contribution in [2.45, 2.75) is 39.0 Å². The van der Waals surface area contributed by atoms with Crippen LogP contribution in [0.1, 0.15) is 44.6 Å². The minimum absolute atomic E-state index is 0.163. The zero-order valence-electron chi connectivity index (χ0n) is 9.86. The Balaban J connectivity index is 2.30. The molecule has 2 nitrogen and oxygen atoms in total. The van der Waals surface area contributed by atoms with Crippen molar-refractivity contribution in [1.82, 2.24) is 0 Å². The van der Waals surface area contributed by atoms with Gasteiger partial charge in [0.2, 0.25) is 5.43 Å². The van der Waals surface area contributed by atoms with Gasteiger partial charge in [0.1, 0.15) is 0 Å². The number of rotatable bonds is 1. The lowest BCUT2D eigenvalue weighted by Crippen LogP contribution is -2.04. The second-order valence-corrected chi connectivity index (χ2v) is 5.52. The smallest absolute Gasteiger partial charge is 0.220 e. The van der Waals surface area contributed by atoms with E-state index in [0.717, 1.165) is 6.42 Å². The lowest BCUT2D eigenvalue weighted by Gasteiger charge is -2.16. The van der Waals surface area contributed by atoms with Crippen LogP contribution in [-0.4, -0.2) is 5.11 Å². The largest absolute Gasteiger partial charge is 0.504 e. The summed E-state index contributed by atoms with van der Waals surface area (Å²) in [4.78, 5) is 11.3. The fraction of sp³-hybridized carbons (Fsp3) is 0.500. The van der Waals surface area contributed by atoms with Gasteiger partial charge in [-0.05, 0) is 48.3 Å². The molecule has 1 aliphatic carbocycles. The number of aromatic hydroxyl groups is 1. The summed E-state index contributed by atoms with van der Waals surface area (Å²) in [6, 6.07) is 6.72. The second-order valence-electron chi connectivity index (χ2n) is 5.52. The van der Waals surface area contributed by atoms with Gasteiger partial charge in [0.05, 0.1) is 0 Å². The monoisotopic (exact) mass is 218 g/mol. The Kier molecular flexibility index (Phi) is 2.75. The van der Waals surface area contributed by atoms with Crippen LogP contribution in [0.2, 0.25) is 0 Å². The molecule has 16 heavy (non-hydrogen) atoms. The third kappa shape index (κ3) is 2.26. The summed E-state index contributed by atoms with van der Waals surface area (Å²) in [5, 5.41) is 9.34. The van der Waals surface area contributed by atoms with Crippen LogP contribution in [0, 0.1) is 5.41 Å². The molecule has 1 atom stereocenters. The maximum Gasteiger partial charge on any atom is 0.220 e. The molecule has 0 aliphatic heterocycles. The molecule has 1 N–H and O–H groups in total. The summed E-state index contributed by atoms with van der Waals surface area (Å²) in [5.41, 5.74) is 1.27. The van der Waals surface area contributed by atoms with Crippen LogP contribution < -0.4 is 5.43 Å². The van der Waals surface area contributed by atoms with Gasteiger partial charge in [0.25, 0.3) is 0 Å². The van der Waals surface area contributed by atoms with Crippen LogP contribution in [0.5, 0.6) is 5.75 Å². The summed E-state index contributed by atoms with van der Waals surface area (Å²) < 4.78 is 0. The van der Waals surface area contributed by atoms with E-state index in [1.165, 1.54) is 30.5 Å². The van der Waals surface area contributed by atoms with Crippen LogP contribution in [0.15, 0.2) is 29.1 Å². The Labute approximate surface area is 95.9 Å². The molecule has 1 aliphatic rings. The van der Waals surface area contributed by atoms with E-state index < -0.39 is 0 Å². The molecule has 0 radical (unpaired) electrons. The van der Waals surface area contributed by atoms with Crippen LogP contribution in [-0.2, 0) is 0 Å². The molecule has 1 fully saturated rings. The topological polar surface area (TPSA) is 37.3 Å². The first-order chi connectivity index (χ1) is 7.48. The molecule has 0 heterocycles. The Morgan fingerprint density at radius 1 is 1.25 bits per heavy atom. The van der Waals surface area contributed by atoms with Gasteiger partial charge in [0, 0.05) is 0 Å². The minimum atomic E-state index is -0.302. The standard InChI is InChI=1S/C14H18O2/c1-14(2)8-7-11(9-14)10-3-5-12(15)13(16)6-4-10/h3-6,11H,7-9H2,1-2H3,(H,15,16)/t11-/m0/s1. The van der Waals surface area contributed by atoms with Gasteiger partial charge >= 0.3 is 0 Å². The molecule has 0 amide bonds. The van der Waals surface area contributed by atoms with E-state index in [1.54, 1.807) is 0 Å². The minimum Gasteiger partial charge on any atom is -0.504 e. The third-order valence-electron chi connectivity index (χ3n) is 3.55. The van der Waals surface area contributed by atoms with Gasteiger partial charge in [0.15, 0.2) is 5.75 Å². The fourth-order valence-electron chi connectivity index (χ4n) is 2.56. The predicted molar refractivity (Wildman–Crippen MR) is 64.7 cm³/mol. The zero-order valence-corrected chi connectivity index (χ0v) is 9.86. The Bertz CT molecular complexity index is 449. The molecule has 0 aromatic heterocycles. The number of hydrogen-bond acceptors (Lipinski definition) is 2. The molecule has 1 aromatic rings. The second kappa shape index (κ2) is 3.93. The van der Waals surface area contributed by atoms with E-state index in [2.05, 4.69) is 13.8 Å². The van der Waals surface area contributed by atoms with Crippen molar-refractivity contribution in [3.63, 3.8) is 0 Å². The molecule has 1 aromatic carbocycles. The van der Waals surface area contributed by atoms with Crippen molar-refractivity contribution >= 4 is 0 Å². The summed E-state index contributed by atoms with van der Waals surface area (Å²) >= 11 is 0. The fourth-order valence-corrected chi connectivity index (χ4v) is 2.56. The molecule has 0 saturated heterocycles. The van der Waals surface area contributed by atoms with Crippen molar-refractivity contribution in [3.05, 3.63) is 40.1 Å². The average molecular weight is 218 g/mol. The quantitative estimate of drug-likeness (QED) is 0.786. The van der Waals surface area contributed by atoms with E-state index in [-0.39, 0.29) is 11.2 Å². The molecule has 1 saturated carbocycles. The molecule has 2 heteroatoms. The highest BCUT2D eigenvalue weighted by atomic mass is 16.3. The summed E-state index contributed by atoms with van der Waals surface area (Å²) in [7, 11) is 0. The Morgan fingerprint density at radius 3 is 2.56 bits per heavy atom. The summed E-state index contributed by atoms with van der Waals surface area (Å²) in [5.74, 6) is 0.365. The van der Waals surface area contributed by atoms with Crippen LogP contribution in [0.25, 0.3) is 0 Å². The van der Waals surface area contributed by atoms with Crippen molar-refractivity contribution in [1.29, 1.82) is 0 Å². The van der Waals surface area contributed by atoms with Gasteiger partial charge in [-0.2, -0.15) is 0 Å². The van der Waals surface area contributed by atoms with Crippen LogP contribution in [0.4, 0.5) is 0 Å². The summed E-state index contributed by atoms with van der Waals surface area (Å²) in [6.45, 7) is 4.57. The molecule has 2 rings (SSSR count). The average Bonchev–Trinajstić information content (AvgIpc) is 2.49. The first-order valence-corrected chi connectivity index (χ1v) is 5.81. The van der Waals surface area contributed by atoms with Gasteiger partial charge in [-0.1, -0.05) is 26.0 Å². The molecule has 86 valence electrons. The van der Waals surface area contributed by atoms with E-state index in [9.17, 15) is 9.90 Å². The molecule has 0 spiro atoms. The van der Waals surface area contributed by atoms with Crippen molar-refractivity contribution < 1.29 is 5.11 Å². The maximum atomic E-state index is 11.3. The zero-order chi connectivity index (χ0) is 11.8. The highest BCUT2D eigenvalue weighted by molar-refractivity contribution is 5.27. The van der Waals surface area contributed by atoms with E-state index in [1.807, 2.05) is 12.1 Å². The first kappa shape index (κ1) is 11.2. The Hall–Kier alpha value is -1.31. The third-order valence-corrected chi connectivity index (χ3v) is 3.55. The van der Waals surface area contributed by atoms with Gasteiger partial charge in [-0.25, -0.2) is 0 Å². The van der Waals surface area contributed by atoms with E-state index in [0.29, 0.717) is 11.3 Å². The highest BCUT2D eigenvalue weighted by Gasteiger charge is 2.31. The summed E-state index contributed by atoms with van der Waals surface area (Å²) in [6.07, 6.45) is 3.56. The van der Waals surface area contributed by atoms with E-state index in [4.69, 9.17) is 0 Å². The molecular weight excluding hydrogens is 200 g/mol. The van der Waals surface area contributed by atoms with Crippen LogP contribution in [0.3, 0.4) is 0 Å². The van der Waals surface area contributed by atoms with Crippen molar-refractivity contribution in [2.24, 2.45) is 5.41 Å². The molecule has 0 unspecified atom stereocenters.